The zero-order valence-corrected chi connectivity index (χ0v) is 8.12. The van der Waals surface area contributed by atoms with Gasteiger partial charge in [-0.25, -0.2) is 0 Å². The van der Waals surface area contributed by atoms with E-state index in [9.17, 15) is 4.79 Å². The third kappa shape index (κ3) is 3.92. The number of hydrogen-bond acceptors (Lipinski definition) is 1. The Bertz CT molecular complexity index is 218. The number of nitrogens with one attached hydrogen (secondary N) is 1. The quantitative estimate of drug-likeness (QED) is 0.521. The van der Waals surface area contributed by atoms with Gasteiger partial charge in [0, 0.05) is 6.54 Å². The molecule has 1 amide bonds. The van der Waals surface area contributed by atoms with E-state index in [1.54, 1.807) is 12.2 Å². The van der Waals surface area contributed by atoms with E-state index < -0.39 is 0 Å². The first-order valence-corrected chi connectivity index (χ1v) is 4.88. The average molecular weight is 179 g/mol. The van der Waals surface area contributed by atoms with Gasteiger partial charge >= 0.3 is 0 Å². The number of rotatable bonds is 3. The molecule has 0 aromatic heterocycles. The highest BCUT2D eigenvalue weighted by Gasteiger charge is 2.09. The molecule has 0 spiro atoms. The first-order valence-electron chi connectivity index (χ1n) is 4.88. The summed E-state index contributed by atoms with van der Waals surface area (Å²) in [5.41, 5.74) is 0. The molecule has 1 aliphatic rings. The van der Waals surface area contributed by atoms with Gasteiger partial charge in [0.25, 0.3) is 0 Å². The molecule has 1 unspecified atom stereocenters. The van der Waals surface area contributed by atoms with Crippen molar-refractivity contribution in [2.45, 2.75) is 26.2 Å². The minimum Gasteiger partial charge on any atom is -0.352 e. The van der Waals surface area contributed by atoms with Crippen molar-refractivity contribution in [2.75, 3.05) is 6.54 Å². The van der Waals surface area contributed by atoms with Crippen LogP contribution >= 0.6 is 0 Å². The first kappa shape index (κ1) is 10.0. The van der Waals surface area contributed by atoms with Gasteiger partial charge in [-0.05, 0) is 38.2 Å². The lowest BCUT2D eigenvalue weighted by atomic mass is 9.94. The van der Waals surface area contributed by atoms with E-state index in [4.69, 9.17) is 0 Å². The van der Waals surface area contributed by atoms with Crippen LogP contribution in [0, 0.1) is 5.92 Å². The summed E-state index contributed by atoms with van der Waals surface area (Å²) >= 11 is 0. The van der Waals surface area contributed by atoms with Crippen LogP contribution < -0.4 is 5.32 Å². The van der Waals surface area contributed by atoms with Crippen molar-refractivity contribution in [3.05, 3.63) is 24.3 Å². The van der Waals surface area contributed by atoms with Gasteiger partial charge in [0.2, 0.25) is 5.91 Å². The fourth-order valence-corrected chi connectivity index (χ4v) is 1.50. The maximum absolute atomic E-state index is 11.1. The van der Waals surface area contributed by atoms with Crippen molar-refractivity contribution in [2.24, 2.45) is 5.92 Å². The smallest absolute Gasteiger partial charge is 0.243 e. The molecule has 2 nitrogen and oxygen atoms in total. The molecular formula is C11H17NO. The standard InChI is InChI=1S/C11H17NO/c1-2-6-11(13)12-9-10-7-4-3-5-8-10/h2-4,6,10H,5,7-9H2,1H3,(H,12,13)/b6-2+. The molecule has 0 aromatic rings. The van der Waals surface area contributed by atoms with E-state index in [1.165, 1.54) is 6.42 Å². The van der Waals surface area contributed by atoms with E-state index in [0.717, 1.165) is 19.4 Å². The Morgan fingerprint density at radius 2 is 2.46 bits per heavy atom. The average Bonchev–Trinajstić information content (AvgIpc) is 2.17. The number of carbonyl (C=O) groups excluding carboxylic acids is 1. The second-order valence-corrected chi connectivity index (χ2v) is 3.40. The van der Waals surface area contributed by atoms with Crippen molar-refractivity contribution >= 4 is 5.91 Å². The highest BCUT2D eigenvalue weighted by atomic mass is 16.1. The summed E-state index contributed by atoms with van der Waals surface area (Å²) in [6.45, 7) is 2.66. The molecule has 1 aliphatic carbocycles. The third-order valence-corrected chi connectivity index (χ3v) is 2.26. The first-order chi connectivity index (χ1) is 6.33. The third-order valence-electron chi connectivity index (χ3n) is 2.26. The predicted molar refractivity (Wildman–Crippen MR) is 54.3 cm³/mol. The highest BCUT2D eigenvalue weighted by Crippen LogP contribution is 2.16. The summed E-state index contributed by atoms with van der Waals surface area (Å²) in [7, 11) is 0. The molecule has 0 saturated heterocycles. The molecule has 0 saturated carbocycles. The van der Waals surface area contributed by atoms with Crippen molar-refractivity contribution in [3.8, 4) is 0 Å². The molecule has 0 heterocycles. The molecule has 1 N–H and O–H groups in total. The molecule has 0 aliphatic heterocycles. The molecule has 13 heavy (non-hydrogen) atoms. The summed E-state index contributed by atoms with van der Waals surface area (Å²) in [4.78, 5) is 11.1. The number of amides is 1. The zero-order chi connectivity index (χ0) is 9.52. The Morgan fingerprint density at radius 3 is 3.08 bits per heavy atom. The van der Waals surface area contributed by atoms with Gasteiger partial charge in [-0.2, -0.15) is 0 Å². The van der Waals surface area contributed by atoms with E-state index in [2.05, 4.69) is 17.5 Å². The van der Waals surface area contributed by atoms with E-state index >= 15 is 0 Å². The van der Waals surface area contributed by atoms with Crippen LogP contribution in [0.3, 0.4) is 0 Å². The second kappa shape index (κ2) is 5.57. The normalized spacial score (nSPS) is 22.1. The Hall–Kier alpha value is -1.05. The lowest BCUT2D eigenvalue weighted by Crippen LogP contribution is -2.28. The Kier molecular flexibility index (Phi) is 4.30. The van der Waals surface area contributed by atoms with Crippen molar-refractivity contribution in [1.82, 2.24) is 5.32 Å². The minimum absolute atomic E-state index is 0.0250. The molecule has 0 bridgehead atoms. The zero-order valence-electron chi connectivity index (χ0n) is 8.12. The highest BCUT2D eigenvalue weighted by molar-refractivity contribution is 5.87. The van der Waals surface area contributed by atoms with Crippen LogP contribution in [0.25, 0.3) is 0 Å². The summed E-state index contributed by atoms with van der Waals surface area (Å²) in [6, 6.07) is 0. The van der Waals surface area contributed by atoms with Gasteiger partial charge < -0.3 is 5.32 Å². The molecule has 0 radical (unpaired) electrons. The lowest BCUT2D eigenvalue weighted by Gasteiger charge is -2.17. The molecule has 72 valence electrons. The van der Waals surface area contributed by atoms with Gasteiger partial charge in [0.05, 0.1) is 0 Å². The van der Waals surface area contributed by atoms with Crippen molar-refractivity contribution in [3.63, 3.8) is 0 Å². The van der Waals surface area contributed by atoms with Crippen LogP contribution in [0.4, 0.5) is 0 Å². The van der Waals surface area contributed by atoms with Gasteiger partial charge in [0.15, 0.2) is 0 Å². The van der Waals surface area contributed by atoms with Gasteiger partial charge in [-0.3, -0.25) is 4.79 Å². The van der Waals surface area contributed by atoms with Crippen LogP contribution in [0.2, 0.25) is 0 Å². The number of carbonyl (C=O) groups is 1. The fourth-order valence-electron chi connectivity index (χ4n) is 1.50. The maximum atomic E-state index is 11.1. The van der Waals surface area contributed by atoms with E-state index in [0.29, 0.717) is 5.92 Å². The van der Waals surface area contributed by atoms with Crippen LogP contribution in [-0.2, 0) is 4.79 Å². The maximum Gasteiger partial charge on any atom is 0.243 e. The summed E-state index contributed by atoms with van der Waals surface area (Å²) in [6.07, 6.45) is 11.2. The van der Waals surface area contributed by atoms with Crippen LogP contribution in [0.15, 0.2) is 24.3 Å². The summed E-state index contributed by atoms with van der Waals surface area (Å²) < 4.78 is 0. The minimum atomic E-state index is 0.0250. The summed E-state index contributed by atoms with van der Waals surface area (Å²) in [5.74, 6) is 0.663. The van der Waals surface area contributed by atoms with Crippen LogP contribution in [0.5, 0.6) is 0 Å². The SMILES string of the molecule is C/C=C/C(=O)NCC1CC=CCC1. The van der Waals surface area contributed by atoms with Crippen molar-refractivity contribution < 1.29 is 4.79 Å². The van der Waals surface area contributed by atoms with E-state index in [1.807, 2.05) is 6.92 Å². The van der Waals surface area contributed by atoms with E-state index in [-0.39, 0.29) is 5.91 Å². The molecule has 0 aromatic carbocycles. The largest absolute Gasteiger partial charge is 0.352 e. The lowest BCUT2D eigenvalue weighted by molar-refractivity contribution is -0.116. The van der Waals surface area contributed by atoms with Crippen molar-refractivity contribution in [1.29, 1.82) is 0 Å². The Morgan fingerprint density at radius 1 is 1.62 bits per heavy atom. The fraction of sp³-hybridized carbons (Fsp3) is 0.545. The van der Waals surface area contributed by atoms with Gasteiger partial charge in [-0.15, -0.1) is 0 Å². The molecule has 1 rings (SSSR count). The Labute approximate surface area is 79.7 Å². The van der Waals surface area contributed by atoms with Crippen LogP contribution in [-0.4, -0.2) is 12.5 Å². The predicted octanol–water partition coefficient (Wildman–Crippen LogP) is 2.04. The van der Waals surface area contributed by atoms with Crippen LogP contribution in [0.1, 0.15) is 26.2 Å². The summed E-state index contributed by atoms with van der Waals surface area (Å²) in [5, 5.41) is 2.89. The number of hydrogen-bond donors (Lipinski definition) is 1. The molecule has 0 fully saturated rings. The Balaban J connectivity index is 2.18. The monoisotopic (exact) mass is 179 g/mol. The second-order valence-electron chi connectivity index (χ2n) is 3.40. The van der Waals surface area contributed by atoms with Gasteiger partial charge in [0.1, 0.15) is 0 Å². The number of allylic oxidation sites excluding steroid dienone is 3. The van der Waals surface area contributed by atoms with Gasteiger partial charge in [-0.1, -0.05) is 18.2 Å². The molecule has 2 heteroatoms. The topological polar surface area (TPSA) is 29.1 Å². The molecule has 1 atom stereocenters. The molecular weight excluding hydrogens is 162 g/mol.